The molecule has 0 aliphatic heterocycles. The van der Waals surface area contributed by atoms with Crippen LogP contribution in [0.4, 0.5) is 11.5 Å². The second-order valence-corrected chi connectivity index (χ2v) is 9.68. The van der Waals surface area contributed by atoms with Crippen molar-refractivity contribution in [2.75, 3.05) is 30.9 Å². The molecule has 0 saturated heterocycles. The van der Waals surface area contributed by atoms with E-state index in [-0.39, 0.29) is 30.0 Å². The Morgan fingerprint density at radius 1 is 1.24 bits per heavy atom. The van der Waals surface area contributed by atoms with Gasteiger partial charge in [-0.3, -0.25) is 24.0 Å². The molecule has 0 spiro atoms. The van der Waals surface area contributed by atoms with Gasteiger partial charge in [-0.05, 0) is 12.0 Å². The van der Waals surface area contributed by atoms with E-state index in [1.54, 1.807) is 7.11 Å². The largest absolute Gasteiger partial charge is 0.385 e. The lowest BCUT2D eigenvalue weighted by atomic mass is 9.98. The molecule has 0 fully saturated rings. The van der Waals surface area contributed by atoms with Crippen LogP contribution in [0.25, 0.3) is 0 Å². The van der Waals surface area contributed by atoms with Crippen LogP contribution >= 0.6 is 11.3 Å². The predicted octanol–water partition coefficient (Wildman–Crippen LogP) is 2.60. The predicted molar refractivity (Wildman–Crippen MR) is 130 cm³/mol. The van der Waals surface area contributed by atoms with Gasteiger partial charge in [0, 0.05) is 25.7 Å². The van der Waals surface area contributed by atoms with Gasteiger partial charge in [-0.1, -0.05) is 51.1 Å². The molecule has 3 rings (SSSR count). The number of nitrogens with zero attached hydrogens (tertiary/aromatic N) is 3. The topological polar surface area (TPSA) is 123 Å². The summed E-state index contributed by atoms with van der Waals surface area (Å²) >= 11 is 1.28. The Morgan fingerprint density at radius 3 is 2.55 bits per heavy atom. The third-order valence-corrected chi connectivity index (χ3v) is 6.41. The van der Waals surface area contributed by atoms with Crippen LogP contribution in [0, 0.1) is 0 Å². The first-order chi connectivity index (χ1) is 15.6. The van der Waals surface area contributed by atoms with Gasteiger partial charge in [0.15, 0.2) is 5.69 Å². The Bertz CT molecular complexity index is 1220. The number of carbonyl (C=O) groups is 1. The van der Waals surface area contributed by atoms with Crippen LogP contribution in [0.5, 0.6) is 0 Å². The monoisotopic (exact) mass is 471 g/mol. The molecular formula is C23H29N5O4S. The average molecular weight is 472 g/mol. The summed E-state index contributed by atoms with van der Waals surface area (Å²) in [5.41, 5.74) is 5.54. The second kappa shape index (κ2) is 10.1. The van der Waals surface area contributed by atoms with E-state index in [2.05, 4.69) is 9.97 Å². The van der Waals surface area contributed by atoms with E-state index in [9.17, 15) is 14.4 Å². The number of aromatic amines is 1. The number of amides is 1. The maximum Gasteiger partial charge on any atom is 0.330 e. The highest BCUT2D eigenvalue weighted by Crippen LogP contribution is 2.29. The number of rotatable bonds is 8. The van der Waals surface area contributed by atoms with Crippen LogP contribution < -0.4 is 21.9 Å². The van der Waals surface area contributed by atoms with Gasteiger partial charge in [-0.15, -0.1) is 11.3 Å². The minimum absolute atomic E-state index is 0.0580. The Morgan fingerprint density at radius 2 is 1.94 bits per heavy atom. The smallest absolute Gasteiger partial charge is 0.330 e. The number of H-pyrrole nitrogens is 1. The number of nitrogens with two attached hydrogens (primary N) is 1. The van der Waals surface area contributed by atoms with Gasteiger partial charge in [0.1, 0.15) is 10.7 Å². The van der Waals surface area contributed by atoms with Crippen molar-refractivity contribution in [3.05, 3.63) is 72.8 Å². The molecule has 0 radical (unpaired) electrons. The summed E-state index contributed by atoms with van der Waals surface area (Å²) < 4.78 is 6.38. The molecule has 2 aromatic heterocycles. The highest BCUT2D eigenvalue weighted by Gasteiger charge is 2.28. The number of thiazole rings is 1. The molecule has 0 saturated carbocycles. The lowest BCUT2D eigenvalue weighted by Crippen LogP contribution is -2.41. The van der Waals surface area contributed by atoms with Crippen molar-refractivity contribution < 1.29 is 9.53 Å². The number of hydrogen-bond acceptors (Lipinski definition) is 7. The van der Waals surface area contributed by atoms with Crippen LogP contribution in [0.15, 0.2) is 46.1 Å². The molecule has 1 aromatic carbocycles. The Hall–Kier alpha value is -3.24. The second-order valence-electron chi connectivity index (χ2n) is 8.65. The first-order valence-corrected chi connectivity index (χ1v) is 11.4. The first kappa shape index (κ1) is 24.4. The first-order valence-electron chi connectivity index (χ1n) is 10.6. The maximum atomic E-state index is 13.5. The molecule has 0 aliphatic carbocycles. The summed E-state index contributed by atoms with van der Waals surface area (Å²) in [6, 6.07) is 9.26. The number of methoxy groups -OCH3 is 1. The van der Waals surface area contributed by atoms with Crippen molar-refractivity contribution in [3.8, 4) is 0 Å². The van der Waals surface area contributed by atoms with Gasteiger partial charge in [0.05, 0.1) is 17.7 Å². The molecule has 10 heteroatoms. The van der Waals surface area contributed by atoms with Gasteiger partial charge in [0.25, 0.3) is 11.5 Å². The number of nitrogen functional groups attached to an aromatic ring is 1. The van der Waals surface area contributed by atoms with Gasteiger partial charge in [-0.25, -0.2) is 9.78 Å². The quantitative estimate of drug-likeness (QED) is 0.487. The number of ether oxygens (including phenoxy) is 1. The van der Waals surface area contributed by atoms with Gasteiger partial charge >= 0.3 is 5.69 Å². The Labute approximate surface area is 195 Å². The van der Waals surface area contributed by atoms with Crippen LogP contribution in [0.2, 0.25) is 0 Å². The van der Waals surface area contributed by atoms with Crippen molar-refractivity contribution in [3.63, 3.8) is 0 Å². The minimum atomic E-state index is -0.715. The molecular weight excluding hydrogens is 442 g/mol. The summed E-state index contributed by atoms with van der Waals surface area (Å²) in [5.74, 6) is -0.472. The molecule has 0 bridgehead atoms. The van der Waals surface area contributed by atoms with E-state index < -0.39 is 17.2 Å². The molecule has 0 atom stereocenters. The zero-order valence-corrected chi connectivity index (χ0v) is 20.1. The van der Waals surface area contributed by atoms with E-state index in [1.807, 2.05) is 51.1 Å². The molecule has 0 unspecified atom stereocenters. The fraction of sp³-hybridized carbons (Fsp3) is 0.391. The van der Waals surface area contributed by atoms with Crippen molar-refractivity contribution in [1.29, 1.82) is 0 Å². The molecule has 176 valence electrons. The molecule has 2 heterocycles. The molecule has 3 aromatic rings. The van der Waals surface area contributed by atoms with Gasteiger partial charge in [-0.2, -0.15) is 0 Å². The van der Waals surface area contributed by atoms with Crippen LogP contribution in [-0.2, 0) is 16.7 Å². The van der Waals surface area contributed by atoms with E-state index in [4.69, 9.17) is 10.5 Å². The normalized spacial score (nSPS) is 11.5. The number of hydrogen-bond donors (Lipinski definition) is 2. The van der Waals surface area contributed by atoms with E-state index in [1.165, 1.54) is 27.0 Å². The Kier molecular flexibility index (Phi) is 7.50. The van der Waals surface area contributed by atoms with Crippen molar-refractivity contribution in [1.82, 2.24) is 14.5 Å². The average Bonchev–Trinajstić information content (AvgIpc) is 3.27. The van der Waals surface area contributed by atoms with E-state index in [0.717, 1.165) is 10.6 Å². The number of nitrogens with one attached hydrogen (secondary N) is 1. The lowest BCUT2D eigenvalue weighted by Gasteiger charge is -2.24. The number of benzene rings is 1. The van der Waals surface area contributed by atoms with Crippen molar-refractivity contribution in [2.24, 2.45) is 0 Å². The molecule has 3 N–H and O–H groups in total. The Balaban J connectivity index is 2.07. The standard InChI is InChI=1S/C23H29N5O4S/c1-23(2,3)21-25-13-16(33-21)20(30)27(11-8-12-32-4)17-18(24)28(22(31)26-19(17)29)14-15-9-6-5-7-10-15/h5-7,9-10,13H,8,11-12,14,24H2,1-4H3,(H,26,29,31). The summed E-state index contributed by atoms with van der Waals surface area (Å²) in [7, 11) is 1.56. The highest BCUT2D eigenvalue weighted by molar-refractivity contribution is 7.13. The van der Waals surface area contributed by atoms with Gasteiger partial charge in [0.2, 0.25) is 0 Å². The zero-order valence-electron chi connectivity index (χ0n) is 19.3. The minimum Gasteiger partial charge on any atom is -0.385 e. The van der Waals surface area contributed by atoms with Crippen LogP contribution in [-0.4, -0.2) is 40.7 Å². The zero-order chi connectivity index (χ0) is 24.2. The fourth-order valence-electron chi connectivity index (χ4n) is 3.30. The van der Waals surface area contributed by atoms with Crippen LogP contribution in [0.3, 0.4) is 0 Å². The number of anilines is 2. The van der Waals surface area contributed by atoms with Crippen LogP contribution in [0.1, 0.15) is 47.4 Å². The molecule has 0 aliphatic rings. The SMILES string of the molecule is COCCCN(C(=O)c1cnc(C(C)(C)C)s1)c1c(N)n(Cc2ccccc2)c(=O)[nH]c1=O. The fourth-order valence-corrected chi connectivity index (χ4v) is 4.22. The number of carbonyl (C=O) groups excluding carboxylic acids is 1. The summed E-state index contributed by atoms with van der Waals surface area (Å²) in [4.78, 5) is 47.3. The summed E-state index contributed by atoms with van der Waals surface area (Å²) in [5, 5.41) is 0.804. The van der Waals surface area contributed by atoms with E-state index >= 15 is 0 Å². The van der Waals surface area contributed by atoms with E-state index in [0.29, 0.717) is 17.9 Å². The third-order valence-electron chi connectivity index (χ3n) is 5.00. The molecule has 1 amide bonds. The highest BCUT2D eigenvalue weighted by atomic mass is 32.1. The van der Waals surface area contributed by atoms with Crippen molar-refractivity contribution in [2.45, 2.75) is 39.2 Å². The molecule has 9 nitrogen and oxygen atoms in total. The molecule has 33 heavy (non-hydrogen) atoms. The maximum absolute atomic E-state index is 13.5. The summed E-state index contributed by atoms with van der Waals surface area (Å²) in [6.07, 6.45) is 1.99. The third kappa shape index (κ3) is 5.58. The number of aromatic nitrogens is 3. The summed E-state index contributed by atoms with van der Waals surface area (Å²) in [6.45, 7) is 6.77. The lowest BCUT2D eigenvalue weighted by molar-refractivity contribution is 0.0987. The van der Waals surface area contributed by atoms with Crippen molar-refractivity contribution >= 4 is 28.7 Å². The van der Waals surface area contributed by atoms with Gasteiger partial charge < -0.3 is 10.5 Å².